The van der Waals surface area contributed by atoms with Crippen LogP contribution < -0.4 is 10.1 Å². The zero-order valence-electron chi connectivity index (χ0n) is 11.9. The highest BCUT2D eigenvalue weighted by molar-refractivity contribution is 6.04. The number of benzene rings is 1. The summed E-state index contributed by atoms with van der Waals surface area (Å²) < 4.78 is 5.50. The quantitative estimate of drug-likeness (QED) is 0.811. The van der Waals surface area contributed by atoms with Gasteiger partial charge < -0.3 is 10.1 Å². The molecular weight excluding hydrogens is 256 g/mol. The van der Waals surface area contributed by atoms with Crippen LogP contribution in [0.4, 0.5) is 4.79 Å². The minimum atomic E-state index is -0.380. The van der Waals surface area contributed by atoms with Crippen molar-refractivity contribution in [2.75, 3.05) is 6.61 Å². The number of imide groups is 1. The monoisotopic (exact) mass is 276 g/mol. The van der Waals surface area contributed by atoms with Crippen molar-refractivity contribution in [2.24, 2.45) is 0 Å². The Labute approximate surface area is 118 Å². The predicted octanol–water partition coefficient (Wildman–Crippen LogP) is 2.31. The lowest BCUT2D eigenvalue weighted by molar-refractivity contribution is -0.127. The van der Waals surface area contributed by atoms with Crippen molar-refractivity contribution in [1.29, 1.82) is 0 Å². The van der Waals surface area contributed by atoms with Gasteiger partial charge in [-0.05, 0) is 30.5 Å². The molecule has 5 heteroatoms. The van der Waals surface area contributed by atoms with Crippen LogP contribution in [0, 0.1) is 0 Å². The van der Waals surface area contributed by atoms with Crippen LogP contribution in [0.25, 0.3) is 0 Å². The van der Waals surface area contributed by atoms with Gasteiger partial charge >= 0.3 is 6.03 Å². The van der Waals surface area contributed by atoms with Gasteiger partial charge in [0.15, 0.2) is 0 Å². The Morgan fingerprint density at radius 1 is 1.20 bits per heavy atom. The molecule has 0 bridgehead atoms. The molecule has 1 aliphatic heterocycles. The highest BCUT2D eigenvalue weighted by atomic mass is 16.5. The maximum Gasteiger partial charge on any atom is 0.325 e. The molecule has 5 nitrogen and oxygen atoms in total. The zero-order chi connectivity index (χ0) is 14.5. The minimum absolute atomic E-state index is 0.149. The van der Waals surface area contributed by atoms with Crippen molar-refractivity contribution in [3.63, 3.8) is 0 Å². The number of amides is 3. The Kier molecular flexibility index (Phi) is 4.61. The van der Waals surface area contributed by atoms with E-state index in [1.165, 1.54) is 4.90 Å². The summed E-state index contributed by atoms with van der Waals surface area (Å²) in [7, 11) is 0. The van der Waals surface area contributed by atoms with Gasteiger partial charge in [0.2, 0.25) is 0 Å². The fraction of sp³-hybridized carbons (Fsp3) is 0.467. The Morgan fingerprint density at radius 2 is 1.90 bits per heavy atom. The third-order valence-corrected chi connectivity index (χ3v) is 3.25. The maximum atomic E-state index is 12.0. The summed E-state index contributed by atoms with van der Waals surface area (Å²) in [6, 6.07) is 6.79. The second kappa shape index (κ2) is 6.41. The zero-order valence-corrected chi connectivity index (χ0v) is 11.9. The molecule has 1 heterocycles. The Morgan fingerprint density at radius 3 is 2.45 bits per heavy atom. The predicted molar refractivity (Wildman–Crippen MR) is 75.4 cm³/mol. The molecule has 0 radical (unpaired) electrons. The standard InChI is InChI=1S/C15H20N2O3/c1-3-9-20-12-7-5-11(6-8-12)10-17-14(18)13(4-2)16-15(17)19/h5-8,13H,3-4,9-10H2,1-2H3,(H,16,19)/t13-/m1/s1. The Hall–Kier alpha value is -2.04. The van der Waals surface area contributed by atoms with Crippen LogP contribution in [0.1, 0.15) is 32.3 Å². The van der Waals surface area contributed by atoms with E-state index in [4.69, 9.17) is 4.74 Å². The van der Waals surface area contributed by atoms with Crippen LogP contribution in [-0.4, -0.2) is 29.5 Å². The van der Waals surface area contributed by atoms with Crippen LogP contribution in [0.2, 0.25) is 0 Å². The van der Waals surface area contributed by atoms with E-state index in [1.807, 2.05) is 31.2 Å². The van der Waals surface area contributed by atoms with E-state index in [1.54, 1.807) is 0 Å². The molecule has 20 heavy (non-hydrogen) atoms. The molecule has 0 unspecified atom stereocenters. The van der Waals surface area contributed by atoms with Crippen LogP contribution in [-0.2, 0) is 11.3 Å². The molecule has 1 aromatic rings. The number of hydrogen-bond acceptors (Lipinski definition) is 3. The van der Waals surface area contributed by atoms with Gasteiger partial charge in [0.1, 0.15) is 11.8 Å². The van der Waals surface area contributed by atoms with Gasteiger partial charge in [-0.1, -0.05) is 26.0 Å². The number of carbonyl (C=O) groups excluding carboxylic acids is 2. The van der Waals surface area contributed by atoms with Crippen molar-refractivity contribution in [1.82, 2.24) is 10.2 Å². The van der Waals surface area contributed by atoms with Crippen molar-refractivity contribution in [2.45, 2.75) is 39.3 Å². The lowest BCUT2D eigenvalue weighted by Gasteiger charge is -2.13. The molecule has 1 fully saturated rings. The number of hydrogen-bond donors (Lipinski definition) is 1. The van der Waals surface area contributed by atoms with Gasteiger partial charge in [-0.3, -0.25) is 9.69 Å². The fourth-order valence-electron chi connectivity index (χ4n) is 2.10. The first-order chi connectivity index (χ1) is 9.65. The Bertz CT molecular complexity index is 484. The lowest BCUT2D eigenvalue weighted by Crippen LogP contribution is -2.30. The molecule has 2 rings (SSSR count). The maximum absolute atomic E-state index is 12.0. The van der Waals surface area contributed by atoms with Crippen LogP contribution >= 0.6 is 0 Å². The number of ether oxygens (including phenoxy) is 1. The molecule has 0 saturated carbocycles. The highest BCUT2D eigenvalue weighted by Crippen LogP contribution is 2.17. The molecule has 0 spiro atoms. The van der Waals surface area contributed by atoms with E-state index >= 15 is 0 Å². The van der Waals surface area contributed by atoms with E-state index in [-0.39, 0.29) is 18.0 Å². The van der Waals surface area contributed by atoms with Gasteiger partial charge in [-0.2, -0.15) is 0 Å². The summed E-state index contributed by atoms with van der Waals surface area (Å²) in [5, 5.41) is 2.68. The van der Waals surface area contributed by atoms with Crippen molar-refractivity contribution in [3.05, 3.63) is 29.8 Å². The van der Waals surface area contributed by atoms with Crippen LogP contribution in [0.5, 0.6) is 5.75 Å². The van der Waals surface area contributed by atoms with Gasteiger partial charge in [0.25, 0.3) is 5.91 Å². The van der Waals surface area contributed by atoms with E-state index in [0.29, 0.717) is 19.6 Å². The van der Waals surface area contributed by atoms with Crippen molar-refractivity contribution in [3.8, 4) is 5.75 Å². The summed E-state index contributed by atoms with van der Waals surface area (Å²) >= 11 is 0. The van der Waals surface area contributed by atoms with Crippen LogP contribution in [0.3, 0.4) is 0 Å². The smallest absolute Gasteiger partial charge is 0.325 e. The summed E-state index contributed by atoms with van der Waals surface area (Å²) in [6.07, 6.45) is 1.58. The lowest BCUT2D eigenvalue weighted by atomic mass is 10.2. The van der Waals surface area contributed by atoms with E-state index < -0.39 is 0 Å². The summed E-state index contributed by atoms with van der Waals surface area (Å²) in [5.74, 6) is 0.656. The molecule has 0 aliphatic carbocycles. The third-order valence-electron chi connectivity index (χ3n) is 3.25. The Balaban J connectivity index is 1.99. The molecule has 1 N–H and O–H groups in total. The van der Waals surface area contributed by atoms with E-state index in [0.717, 1.165) is 17.7 Å². The summed E-state index contributed by atoms with van der Waals surface area (Å²) in [4.78, 5) is 25.0. The average molecular weight is 276 g/mol. The summed E-state index contributed by atoms with van der Waals surface area (Å²) in [5.41, 5.74) is 0.911. The van der Waals surface area contributed by atoms with Gasteiger partial charge in [0.05, 0.1) is 13.2 Å². The van der Waals surface area contributed by atoms with Crippen molar-refractivity contribution >= 4 is 11.9 Å². The topological polar surface area (TPSA) is 58.6 Å². The SMILES string of the molecule is CCCOc1ccc(CN2C(=O)N[C@H](CC)C2=O)cc1. The first-order valence-electron chi connectivity index (χ1n) is 6.99. The molecule has 1 aromatic carbocycles. The summed E-state index contributed by atoms with van der Waals surface area (Å²) in [6.45, 7) is 4.92. The second-order valence-electron chi connectivity index (χ2n) is 4.83. The minimum Gasteiger partial charge on any atom is -0.494 e. The molecule has 1 aliphatic rings. The second-order valence-corrected chi connectivity index (χ2v) is 4.83. The molecule has 1 saturated heterocycles. The number of rotatable bonds is 6. The number of carbonyl (C=O) groups is 2. The first kappa shape index (κ1) is 14.4. The molecule has 0 aromatic heterocycles. The largest absolute Gasteiger partial charge is 0.494 e. The van der Waals surface area contributed by atoms with Gasteiger partial charge in [0, 0.05) is 0 Å². The molecule has 3 amide bonds. The first-order valence-corrected chi connectivity index (χ1v) is 6.99. The van der Waals surface area contributed by atoms with Gasteiger partial charge in [-0.25, -0.2) is 4.79 Å². The van der Waals surface area contributed by atoms with Crippen LogP contribution in [0.15, 0.2) is 24.3 Å². The third kappa shape index (κ3) is 3.10. The number of nitrogens with zero attached hydrogens (tertiary/aromatic N) is 1. The normalized spacial score (nSPS) is 18.3. The van der Waals surface area contributed by atoms with E-state index in [9.17, 15) is 9.59 Å². The molecular formula is C15H20N2O3. The van der Waals surface area contributed by atoms with E-state index in [2.05, 4.69) is 12.2 Å². The number of nitrogens with one attached hydrogen (secondary N) is 1. The molecule has 108 valence electrons. The number of urea groups is 1. The molecule has 1 atom stereocenters. The van der Waals surface area contributed by atoms with Crippen molar-refractivity contribution < 1.29 is 14.3 Å². The average Bonchev–Trinajstić information content (AvgIpc) is 2.74. The van der Waals surface area contributed by atoms with Gasteiger partial charge in [-0.15, -0.1) is 0 Å². The fourth-order valence-corrected chi connectivity index (χ4v) is 2.10. The highest BCUT2D eigenvalue weighted by Gasteiger charge is 2.36.